The lowest BCUT2D eigenvalue weighted by atomic mass is 9.91. The number of hydrogen-bond donors (Lipinski definition) is 1. The summed E-state index contributed by atoms with van der Waals surface area (Å²) in [5, 5.41) is 3.17. The van der Waals surface area contributed by atoms with Crippen molar-refractivity contribution in [3.8, 4) is 0 Å². The van der Waals surface area contributed by atoms with Gasteiger partial charge in [0, 0.05) is 12.1 Å². The summed E-state index contributed by atoms with van der Waals surface area (Å²) in [4.78, 5) is 0. The van der Waals surface area contributed by atoms with Crippen molar-refractivity contribution >= 4 is 5.69 Å². The molecule has 1 aliphatic carbocycles. The third-order valence-electron chi connectivity index (χ3n) is 3.92. The molecule has 0 bridgehead atoms. The fraction of sp³-hybridized carbons (Fsp3) is 0.600. The van der Waals surface area contributed by atoms with Crippen LogP contribution >= 0.6 is 0 Å². The summed E-state index contributed by atoms with van der Waals surface area (Å²) in [6, 6.07) is 2.74. The number of hydrogen-bond acceptors (Lipinski definition) is 1. The van der Waals surface area contributed by atoms with Gasteiger partial charge in [-0.25, -0.2) is 8.78 Å². The molecule has 0 amide bonds. The molecule has 100 valence electrons. The second-order valence-electron chi connectivity index (χ2n) is 6.38. The maximum Gasteiger partial charge on any atom is 0.146 e. The van der Waals surface area contributed by atoms with Crippen LogP contribution in [0.5, 0.6) is 0 Å². The lowest BCUT2D eigenvalue weighted by Crippen LogP contribution is -2.23. The van der Waals surface area contributed by atoms with E-state index in [1.165, 1.54) is 12.1 Å². The zero-order valence-electron chi connectivity index (χ0n) is 11.5. The Bertz CT molecular complexity index is 454. The van der Waals surface area contributed by atoms with Gasteiger partial charge in [0.1, 0.15) is 11.6 Å². The van der Waals surface area contributed by atoms with E-state index in [0.29, 0.717) is 11.5 Å². The average molecular weight is 253 g/mol. The monoisotopic (exact) mass is 253 g/mol. The molecule has 2 atom stereocenters. The fourth-order valence-electron chi connectivity index (χ4n) is 3.04. The normalized spacial score (nSPS) is 26.3. The van der Waals surface area contributed by atoms with Crippen molar-refractivity contribution in [2.24, 2.45) is 11.3 Å². The van der Waals surface area contributed by atoms with E-state index in [0.717, 1.165) is 12.8 Å². The highest BCUT2D eigenvalue weighted by Gasteiger charge is 2.36. The first-order chi connectivity index (χ1) is 8.28. The topological polar surface area (TPSA) is 12.0 Å². The van der Waals surface area contributed by atoms with E-state index in [1.807, 2.05) is 0 Å². The second kappa shape index (κ2) is 4.52. The number of aryl methyl sites for hydroxylation is 1. The van der Waals surface area contributed by atoms with E-state index in [4.69, 9.17) is 0 Å². The van der Waals surface area contributed by atoms with Crippen LogP contribution in [-0.4, -0.2) is 6.04 Å². The average Bonchev–Trinajstić information content (AvgIpc) is 2.48. The molecule has 18 heavy (non-hydrogen) atoms. The van der Waals surface area contributed by atoms with Gasteiger partial charge in [-0.05, 0) is 42.7 Å². The smallest absolute Gasteiger partial charge is 0.146 e. The first-order valence-electron chi connectivity index (χ1n) is 6.51. The van der Waals surface area contributed by atoms with E-state index in [-0.39, 0.29) is 28.8 Å². The van der Waals surface area contributed by atoms with Crippen molar-refractivity contribution in [1.29, 1.82) is 0 Å². The van der Waals surface area contributed by atoms with Gasteiger partial charge in [-0.3, -0.25) is 0 Å². The van der Waals surface area contributed by atoms with Gasteiger partial charge in [0.05, 0.1) is 5.69 Å². The number of benzene rings is 1. The van der Waals surface area contributed by atoms with Crippen molar-refractivity contribution in [2.75, 3.05) is 5.32 Å². The third kappa shape index (κ3) is 2.65. The molecular formula is C15H21F2N. The quantitative estimate of drug-likeness (QED) is 0.817. The molecule has 2 unspecified atom stereocenters. The third-order valence-corrected chi connectivity index (χ3v) is 3.92. The van der Waals surface area contributed by atoms with Crippen molar-refractivity contribution in [3.63, 3.8) is 0 Å². The predicted octanol–water partition coefficient (Wildman–Crippen LogP) is 4.51. The molecule has 2 rings (SSSR count). The molecule has 1 saturated carbocycles. The van der Waals surface area contributed by atoms with Crippen molar-refractivity contribution < 1.29 is 8.78 Å². The van der Waals surface area contributed by atoms with Crippen LogP contribution in [0.1, 0.15) is 39.2 Å². The Balaban J connectivity index is 2.18. The minimum atomic E-state index is -0.370. The van der Waals surface area contributed by atoms with Crippen LogP contribution in [0.25, 0.3) is 0 Å². The van der Waals surface area contributed by atoms with Gasteiger partial charge >= 0.3 is 0 Å². The van der Waals surface area contributed by atoms with Crippen LogP contribution < -0.4 is 5.32 Å². The summed E-state index contributed by atoms with van der Waals surface area (Å²) in [5.41, 5.74) is 0.905. The molecule has 1 aromatic carbocycles. The van der Waals surface area contributed by atoms with E-state index in [1.54, 1.807) is 6.92 Å². The van der Waals surface area contributed by atoms with E-state index in [2.05, 4.69) is 26.1 Å². The fourth-order valence-corrected chi connectivity index (χ4v) is 3.04. The maximum absolute atomic E-state index is 13.8. The van der Waals surface area contributed by atoms with Gasteiger partial charge in [-0.15, -0.1) is 0 Å². The van der Waals surface area contributed by atoms with Crippen molar-refractivity contribution in [1.82, 2.24) is 0 Å². The number of rotatable bonds is 2. The maximum atomic E-state index is 13.8. The molecule has 3 heteroatoms. The van der Waals surface area contributed by atoms with Gasteiger partial charge in [-0.2, -0.15) is 0 Å². The first kappa shape index (κ1) is 13.3. The zero-order valence-corrected chi connectivity index (χ0v) is 11.5. The van der Waals surface area contributed by atoms with Crippen molar-refractivity contribution in [2.45, 2.75) is 46.6 Å². The predicted molar refractivity (Wildman–Crippen MR) is 70.7 cm³/mol. The summed E-state index contributed by atoms with van der Waals surface area (Å²) < 4.78 is 27.3. The Kier molecular flexibility index (Phi) is 3.35. The van der Waals surface area contributed by atoms with Gasteiger partial charge in [-0.1, -0.05) is 20.8 Å². The molecular weight excluding hydrogens is 232 g/mol. The molecule has 1 fully saturated rings. The molecule has 0 spiro atoms. The first-order valence-corrected chi connectivity index (χ1v) is 6.51. The zero-order chi connectivity index (χ0) is 13.5. The molecule has 0 aromatic heterocycles. The summed E-state index contributed by atoms with van der Waals surface area (Å²) in [7, 11) is 0. The van der Waals surface area contributed by atoms with Crippen LogP contribution in [-0.2, 0) is 0 Å². The number of anilines is 1. The Hall–Kier alpha value is -1.12. The molecule has 1 aliphatic rings. The van der Waals surface area contributed by atoms with Crippen LogP contribution in [0.2, 0.25) is 0 Å². The van der Waals surface area contributed by atoms with Gasteiger partial charge in [0.25, 0.3) is 0 Å². The summed E-state index contributed by atoms with van der Waals surface area (Å²) in [6.07, 6.45) is 2.10. The molecule has 0 heterocycles. The molecule has 0 saturated heterocycles. The van der Waals surface area contributed by atoms with Gasteiger partial charge in [0.15, 0.2) is 0 Å². The minimum Gasteiger partial charge on any atom is -0.380 e. The number of nitrogens with one attached hydrogen (secondary N) is 1. The summed E-state index contributed by atoms with van der Waals surface area (Å²) >= 11 is 0. The Labute approximate surface area is 108 Å². The van der Waals surface area contributed by atoms with E-state index < -0.39 is 0 Å². The lowest BCUT2D eigenvalue weighted by Gasteiger charge is -2.20. The largest absolute Gasteiger partial charge is 0.380 e. The Morgan fingerprint density at radius 2 is 1.83 bits per heavy atom. The molecule has 0 aliphatic heterocycles. The Morgan fingerprint density at radius 1 is 1.17 bits per heavy atom. The van der Waals surface area contributed by atoms with Gasteiger partial charge in [0.2, 0.25) is 0 Å². The second-order valence-corrected chi connectivity index (χ2v) is 6.38. The van der Waals surface area contributed by atoms with Gasteiger partial charge < -0.3 is 5.32 Å². The van der Waals surface area contributed by atoms with Crippen LogP contribution in [0, 0.1) is 29.9 Å². The van der Waals surface area contributed by atoms with E-state index in [9.17, 15) is 8.78 Å². The molecule has 1 nitrogen and oxygen atoms in total. The molecule has 1 N–H and O–H groups in total. The number of halogens is 2. The Morgan fingerprint density at radius 3 is 2.39 bits per heavy atom. The summed E-state index contributed by atoms with van der Waals surface area (Å²) in [6.45, 7) is 8.17. The van der Waals surface area contributed by atoms with Crippen LogP contribution in [0.3, 0.4) is 0 Å². The minimum absolute atomic E-state index is 0.219. The SMILES string of the molecule is Cc1cc(F)c(NC2CC(C)(C)CC2C)cc1F. The van der Waals surface area contributed by atoms with Crippen molar-refractivity contribution in [3.05, 3.63) is 29.3 Å². The lowest BCUT2D eigenvalue weighted by molar-refractivity contribution is 0.366. The molecule has 0 radical (unpaired) electrons. The van der Waals surface area contributed by atoms with Crippen LogP contribution in [0.15, 0.2) is 12.1 Å². The van der Waals surface area contributed by atoms with E-state index >= 15 is 0 Å². The molecule has 1 aromatic rings. The highest BCUT2D eigenvalue weighted by Crippen LogP contribution is 2.42. The standard InChI is InChI=1S/C15H21F2N/c1-9-5-12(17)13(6-11(9)16)18-14-8-15(3,4)7-10(14)2/h5-6,10,14,18H,7-8H2,1-4H3. The highest BCUT2D eigenvalue weighted by molar-refractivity contribution is 5.48. The highest BCUT2D eigenvalue weighted by atomic mass is 19.1. The van der Waals surface area contributed by atoms with Crippen LogP contribution in [0.4, 0.5) is 14.5 Å². The summed E-state index contributed by atoms with van der Waals surface area (Å²) in [5.74, 6) is -0.251.